The van der Waals surface area contributed by atoms with Crippen molar-refractivity contribution in [2.24, 2.45) is 11.8 Å². The Balaban J connectivity index is 1.34. The molecule has 0 radical (unpaired) electrons. The monoisotopic (exact) mass is 261 g/mol. The molecule has 0 amide bonds. The lowest BCUT2D eigenvalue weighted by Crippen LogP contribution is -2.27. The third kappa shape index (κ3) is 2.09. The van der Waals surface area contributed by atoms with Gasteiger partial charge in [-0.25, -0.2) is 4.39 Å². The molecule has 0 aliphatic carbocycles. The average Bonchev–Trinajstić information content (AvgIpc) is 3.10. The van der Waals surface area contributed by atoms with Crippen molar-refractivity contribution in [2.75, 3.05) is 19.6 Å². The zero-order valence-corrected chi connectivity index (χ0v) is 11.1. The number of rotatable bonds is 3. The number of nitrogens with zero attached hydrogens (tertiary/aromatic N) is 1. The van der Waals surface area contributed by atoms with Gasteiger partial charge in [-0.1, -0.05) is 12.1 Å². The van der Waals surface area contributed by atoms with E-state index in [9.17, 15) is 4.39 Å². The molecule has 3 aliphatic heterocycles. The van der Waals surface area contributed by atoms with Gasteiger partial charge >= 0.3 is 0 Å². The Bertz CT molecular complexity index is 442. The van der Waals surface area contributed by atoms with Gasteiger partial charge in [-0.05, 0) is 37.0 Å². The quantitative estimate of drug-likeness (QED) is 0.829. The van der Waals surface area contributed by atoms with Crippen LogP contribution in [0.15, 0.2) is 24.3 Å². The van der Waals surface area contributed by atoms with E-state index < -0.39 is 0 Å². The van der Waals surface area contributed by atoms with Gasteiger partial charge in [0.1, 0.15) is 5.82 Å². The topological polar surface area (TPSA) is 12.5 Å². The molecule has 2 bridgehead atoms. The van der Waals surface area contributed by atoms with E-state index in [-0.39, 0.29) is 5.82 Å². The van der Waals surface area contributed by atoms with Gasteiger partial charge < -0.3 is 9.64 Å². The lowest BCUT2D eigenvalue weighted by atomic mass is 9.82. The smallest absolute Gasteiger partial charge is 0.123 e. The van der Waals surface area contributed by atoms with E-state index in [4.69, 9.17) is 4.74 Å². The molecule has 4 rings (SSSR count). The van der Waals surface area contributed by atoms with Crippen molar-refractivity contribution in [3.05, 3.63) is 35.6 Å². The summed E-state index contributed by atoms with van der Waals surface area (Å²) in [6.07, 6.45) is 4.67. The summed E-state index contributed by atoms with van der Waals surface area (Å²) < 4.78 is 18.8. The second-order valence-corrected chi connectivity index (χ2v) is 6.25. The maximum Gasteiger partial charge on any atom is 0.123 e. The van der Waals surface area contributed by atoms with Crippen LogP contribution in [0, 0.1) is 17.7 Å². The van der Waals surface area contributed by atoms with Gasteiger partial charge in [0.15, 0.2) is 0 Å². The standard InChI is InChI=1S/C16H20FNO/c17-12-3-1-11(2-4-12)7-8-18-9-13-14(10-18)16-6-5-15(13)19-16/h1-4,13-16H,5-10H2. The Hall–Kier alpha value is -0.930. The molecule has 1 aromatic rings. The van der Waals surface area contributed by atoms with Crippen LogP contribution in [0.25, 0.3) is 0 Å². The van der Waals surface area contributed by atoms with Crippen molar-refractivity contribution in [3.8, 4) is 0 Å². The summed E-state index contributed by atoms with van der Waals surface area (Å²) in [5.41, 5.74) is 1.23. The minimum atomic E-state index is -0.145. The first-order chi connectivity index (χ1) is 9.29. The summed E-state index contributed by atoms with van der Waals surface area (Å²) in [7, 11) is 0. The maximum atomic E-state index is 12.9. The first kappa shape index (κ1) is 11.9. The number of benzene rings is 1. The number of halogens is 1. The van der Waals surface area contributed by atoms with Crippen molar-refractivity contribution in [1.82, 2.24) is 4.90 Å². The highest BCUT2D eigenvalue weighted by Crippen LogP contribution is 2.47. The second kappa shape index (κ2) is 4.57. The molecular weight excluding hydrogens is 241 g/mol. The Labute approximate surface area is 113 Å². The number of ether oxygens (including phenoxy) is 1. The van der Waals surface area contributed by atoms with E-state index in [2.05, 4.69) is 4.90 Å². The Kier molecular flexibility index (Phi) is 2.85. The molecule has 4 unspecified atom stereocenters. The van der Waals surface area contributed by atoms with Gasteiger partial charge in [0.25, 0.3) is 0 Å². The molecule has 3 heteroatoms. The fourth-order valence-electron chi connectivity index (χ4n) is 4.17. The third-order valence-corrected chi connectivity index (χ3v) is 5.16. The lowest BCUT2D eigenvalue weighted by Gasteiger charge is -2.18. The van der Waals surface area contributed by atoms with Crippen LogP contribution < -0.4 is 0 Å². The Morgan fingerprint density at radius 1 is 1.05 bits per heavy atom. The van der Waals surface area contributed by atoms with E-state index in [1.54, 1.807) is 12.1 Å². The molecule has 0 aromatic heterocycles. The minimum absolute atomic E-state index is 0.145. The predicted octanol–water partition coefficient (Wildman–Crippen LogP) is 2.48. The van der Waals surface area contributed by atoms with Crippen LogP contribution in [0.5, 0.6) is 0 Å². The van der Waals surface area contributed by atoms with E-state index >= 15 is 0 Å². The van der Waals surface area contributed by atoms with Crippen LogP contribution in [0.3, 0.4) is 0 Å². The lowest BCUT2D eigenvalue weighted by molar-refractivity contribution is 0.0708. The molecule has 19 heavy (non-hydrogen) atoms. The van der Waals surface area contributed by atoms with E-state index in [0.717, 1.165) is 24.8 Å². The minimum Gasteiger partial charge on any atom is -0.374 e. The van der Waals surface area contributed by atoms with Crippen molar-refractivity contribution in [1.29, 1.82) is 0 Å². The molecule has 4 atom stereocenters. The summed E-state index contributed by atoms with van der Waals surface area (Å²) in [6, 6.07) is 6.92. The SMILES string of the molecule is Fc1ccc(CCN2CC3C4CCC(O4)C3C2)cc1. The summed E-state index contributed by atoms with van der Waals surface area (Å²) in [6.45, 7) is 3.50. The van der Waals surface area contributed by atoms with E-state index in [1.165, 1.54) is 31.5 Å². The van der Waals surface area contributed by atoms with Gasteiger partial charge in [-0.3, -0.25) is 0 Å². The zero-order valence-electron chi connectivity index (χ0n) is 11.1. The molecule has 3 aliphatic rings. The molecule has 1 aromatic carbocycles. The Morgan fingerprint density at radius 3 is 2.32 bits per heavy atom. The van der Waals surface area contributed by atoms with Gasteiger partial charge in [-0.2, -0.15) is 0 Å². The van der Waals surface area contributed by atoms with Gasteiger partial charge in [0.2, 0.25) is 0 Å². The van der Waals surface area contributed by atoms with Gasteiger partial charge in [0, 0.05) is 31.5 Å². The fourth-order valence-corrected chi connectivity index (χ4v) is 4.17. The molecule has 102 valence electrons. The molecule has 3 saturated heterocycles. The maximum absolute atomic E-state index is 12.9. The van der Waals surface area contributed by atoms with Crippen LogP contribution in [-0.2, 0) is 11.2 Å². The van der Waals surface area contributed by atoms with Gasteiger partial charge in [0.05, 0.1) is 12.2 Å². The number of fused-ring (bicyclic) bond motifs is 5. The molecule has 0 spiro atoms. The first-order valence-electron chi connectivity index (χ1n) is 7.42. The summed E-state index contributed by atoms with van der Waals surface area (Å²) >= 11 is 0. The number of likely N-dealkylation sites (tertiary alicyclic amines) is 1. The van der Waals surface area contributed by atoms with E-state index in [1.807, 2.05) is 12.1 Å². The van der Waals surface area contributed by atoms with Crippen molar-refractivity contribution in [3.63, 3.8) is 0 Å². The molecule has 3 fully saturated rings. The molecule has 0 saturated carbocycles. The molecule has 3 heterocycles. The summed E-state index contributed by atoms with van der Waals surface area (Å²) in [4.78, 5) is 2.58. The van der Waals surface area contributed by atoms with Crippen LogP contribution in [0.1, 0.15) is 18.4 Å². The highest BCUT2D eigenvalue weighted by atomic mass is 19.1. The van der Waals surface area contributed by atoms with Crippen molar-refractivity contribution in [2.45, 2.75) is 31.5 Å². The van der Waals surface area contributed by atoms with Crippen LogP contribution in [0.2, 0.25) is 0 Å². The molecular formula is C16H20FNO. The largest absolute Gasteiger partial charge is 0.374 e. The van der Waals surface area contributed by atoms with Crippen LogP contribution in [0.4, 0.5) is 4.39 Å². The number of hydrogen-bond donors (Lipinski definition) is 0. The number of hydrogen-bond acceptors (Lipinski definition) is 2. The third-order valence-electron chi connectivity index (χ3n) is 5.16. The first-order valence-corrected chi connectivity index (χ1v) is 7.42. The summed E-state index contributed by atoms with van der Waals surface area (Å²) in [5.74, 6) is 1.42. The normalized spacial score (nSPS) is 36.9. The van der Waals surface area contributed by atoms with Crippen LogP contribution >= 0.6 is 0 Å². The molecule has 0 N–H and O–H groups in total. The van der Waals surface area contributed by atoms with Gasteiger partial charge in [-0.15, -0.1) is 0 Å². The zero-order chi connectivity index (χ0) is 12.8. The highest BCUT2D eigenvalue weighted by molar-refractivity contribution is 5.16. The van der Waals surface area contributed by atoms with Crippen LogP contribution in [-0.4, -0.2) is 36.7 Å². The Morgan fingerprint density at radius 2 is 1.68 bits per heavy atom. The predicted molar refractivity (Wildman–Crippen MR) is 71.4 cm³/mol. The molecule has 2 nitrogen and oxygen atoms in total. The average molecular weight is 261 g/mol. The van der Waals surface area contributed by atoms with Crippen molar-refractivity contribution < 1.29 is 9.13 Å². The summed E-state index contributed by atoms with van der Waals surface area (Å²) in [5, 5.41) is 0. The van der Waals surface area contributed by atoms with Crippen molar-refractivity contribution >= 4 is 0 Å². The van der Waals surface area contributed by atoms with E-state index in [0.29, 0.717) is 12.2 Å². The fraction of sp³-hybridized carbons (Fsp3) is 0.625. The second-order valence-electron chi connectivity index (χ2n) is 6.25. The highest BCUT2D eigenvalue weighted by Gasteiger charge is 2.52.